The van der Waals surface area contributed by atoms with E-state index < -0.39 is 24.2 Å². The van der Waals surface area contributed by atoms with Crippen LogP contribution >= 0.6 is 0 Å². The average molecular weight is 252 g/mol. The molecule has 0 saturated carbocycles. The van der Waals surface area contributed by atoms with E-state index in [9.17, 15) is 22.4 Å². The van der Waals surface area contributed by atoms with Crippen LogP contribution in [0.4, 0.5) is 17.6 Å². The number of hydrogen-bond donors (Lipinski definition) is 0. The lowest BCUT2D eigenvalue weighted by Gasteiger charge is -2.06. The van der Waals surface area contributed by atoms with Crippen LogP contribution in [0.25, 0.3) is 0 Å². The molecule has 0 spiro atoms. The Labute approximate surface area is 95.4 Å². The van der Waals surface area contributed by atoms with Gasteiger partial charge < -0.3 is 0 Å². The molecule has 1 rings (SSSR count). The molecule has 0 atom stereocenters. The second-order valence-corrected chi connectivity index (χ2v) is 3.64. The summed E-state index contributed by atoms with van der Waals surface area (Å²) in [7, 11) is 0. The third kappa shape index (κ3) is 2.83. The van der Waals surface area contributed by atoms with E-state index in [1.54, 1.807) is 0 Å². The summed E-state index contributed by atoms with van der Waals surface area (Å²) < 4.78 is 50.1. The van der Waals surface area contributed by atoms with Crippen molar-refractivity contribution < 1.29 is 22.4 Å². The minimum Gasteiger partial charge on any atom is -0.284 e. The fraction of sp³-hybridized carbons (Fsp3) is 0.600. The number of alkyl halides is 4. The van der Waals surface area contributed by atoms with Crippen LogP contribution in [-0.4, -0.2) is 28.4 Å². The zero-order chi connectivity index (χ0) is 13.2. The zero-order valence-electron chi connectivity index (χ0n) is 9.44. The Kier molecular flexibility index (Phi) is 3.90. The van der Waals surface area contributed by atoms with E-state index in [1.807, 2.05) is 0 Å². The highest BCUT2D eigenvalue weighted by atomic mass is 19.4. The molecular weight excluding hydrogens is 240 g/mol. The molecule has 0 saturated heterocycles. The highest BCUT2D eigenvalue weighted by Gasteiger charge is 2.42. The summed E-state index contributed by atoms with van der Waals surface area (Å²) in [6, 6.07) is 0. The fourth-order valence-electron chi connectivity index (χ4n) is 1.59. The lowest BCUT2D eigenvalue weighted by atomic mass is 10.1. The molecule has 1 aromatic heterocycles. The molecule has 3 nitrogen and oxygen atoms in total. The molecule has 0 N–H and O–H groups in total. The second kappa shape index (κ2) is 4.85. The molecule has 0 radical (unpaired) electrons. The van der Waals surface area contributed by atoms with Crippen molar-refractivity contribution in [1.29, 1.82) is 0 Å². The van der Waals surface area contributed by atoms with E-state index in [0.717, 1.165) is 0 Å². The predicted octanol–water partition coefficient (Wildman–Crippen LogP) is 2.60. The Balaban J connectivity index is 3.09. The molecule has 96 valence electrons. The summed E-state index contributed by atoms with van der Waals surface area (Å²) in [5.41, 5.74) is -0.293. The molecule has 1 heterocycles. The molecular formula is C10H12F4N2O. The lowest BCUT2D eigenvalue weighted by Crippen LogP contribution is -2.24. The Morgan fingerprint density at radius 3 is 2.41 bits per heavy atom. The Bertz CT molecular complexity index is 423. The van der Waals surface area contributed by atoms with Gasteiger partial charge in [0.1, 0.15) is 0 Å². The third-order valence-electron chi connectivity index (χ3n) is 2.37. The van der Waals surface area contributed by atoms with Gasteiger partial charge in [0, 0.05) is 12.2 Å². The number of Topliss-reactive ketones (excluding diaryl/α,β-unsaturated/α-hetero) is 1. The van der Waals surface area contributed by atoms with Gasteiger partial charge in [-0.25, -0.2) is 0 Å². The molecule has 1 aromatic rings. The van der Waals surface area contributed by atoms with Gasteiger partial charge in [0.25, 0.3) is 5.78 Å². The van der Waals surface area contributed by atoms with Gasteiger partial charge in [-0.15, -0.1) is 0 Å². The van der Waals surface area contributed by atoms with Crippen LogP contribution in [0.3, 0.4) is 0 Å². The van der Waals surface area contributed by atoms with E-state index in [-0.39, 0.29) is 24.4 Å². The monoisotopic (exact) mass is 252 g/mol. The van der Waals surface area contributed by atoms with Gasteiger partial charge in [0.05, 0.1) is 17.9 Å². The number of ketones is 1. The van der Waals surface area contributed by atoms with Gasteiger partial charge in [-0.2, -0.15) is 18.3 Å². The van der Waals surface area contributed by atoms with Crippen molar-refractivity contribution in [2.45, 2.75) is 33.0 Å². The third-order valence-corrected chi connectivity index (χ3v) is 2.37. The van der Waals surface area contributed by atoms with Crippen molar-refractivity contribution in [3.05, 3.63) is 17.0 Å². The molecule has 0 amide bonds. The number of rotatable bonds is 4. The van der Waals surface area contributed by atoms with Crippen LogP contribution in [0.5, 0.6) is 0 Å². The van der Waals surface area contributed by atoms with Gasteiger partial charge in [-0.05, 0) is 20.3 Å². The van der Waals surface area contributed by atoms with E-state index in [4.69, 9.17) is 0 Å². The normalized spacial score (nSPS) is 11.9. The van der Waals surface area contributed by atoms with Crippen molar-refractivity contribution in [3.8, 4) is 0 Å². The maximum atomic E-state index is 12.3. The number of carbonyl (C=O) groups is 1. The number of nitrogens with zero attached hydrogens (tertiary/aromatic N) is 2. The smallest absolute Gasteiger partial charge is 0.284 e. The fourth-order valence-corrected chi connectivity index (χ4v) is 1.59. The molecule has 0 fully saturated rings. The highest BCUT2D eigenvalue weighted by Crippen LogP contribution is 2.25. The summed E-state index contributed by atoms with van der Waals surface area (Å²) >= 11 is 0. The van der Waals surface area contributed by atoms with E-state index in [0.29, 0.717) is 0 Å². The maximum Gasteiger partial charge on any atom is 0.455 e. The minimum atomic E-state index is -4.91. The van der Waals surface area contributed by atoms with Crippen molar-refractivity contribution in [2.75, 3.05) is 6.67 Å². The predicted molar refractivity (Wildman–Crippen MR) is 52.7 cm³/mol. The second-order valence-electron chi connectivity index (χ2n) is 3.64. The largest absolute Gasteiger partial charge is 0.455 e. The van der Waals surface area contributed by atoms with Crippen LogP contribution < -0.4 is 0 Å². The van der Waals surface area contributed by atoms with Crippen molar-refractivity contribution in [2.24, 2.45) is 0 Å². The van der Waals surface area contributed by atoms with Crippen LogP contribution in [0, 0.1) is 13.8 Å². The van der Waals surface area contributed by atoms with Gasteiger partial charge in [0.2, 0.25) is 0 Å². The molecule has 0 aliphatic heterocycles. The first kappa shape index (κ1) is 13.7. The number of halogens is 4. The Morgan fingerprint density at radius 1 is 1.35 bits per heavy atom. The van der Waals surface area contributed by atoms with Crippen LogP contribution in [0.2, 0.25) is 0 Å². The molecule has 7 heteroatoms. The van der Waals surface area contributed by atoms with Crippen molar-refractivity contribution >= 4 is 5.78 Å². The molecule has 0 aliphatic rings. The average Bonchev–Trinajstić information content (AvgIpc) is 2.49. The summed E-state index contributed by atoms with van der Waals surface area (Å²) in [4.78, 5) is 11.1. The molecule has 0 bridgehead atoms. The zero-order valence-corrected chi connectivity index (χ0v) is 9.44. The van der Waals surface area contributed by atoms with Crippen LogP contribution in [0.1, 0.15) is 28.2 Å². The Morgan fingerprint density at radius 2 is 1.94 bits per heavy atom. The topological polar surface area (TPSA) is 34.9 Å². The minimum absolute atomic E-state index is 0.0173. The number of hydrogen-bond acceptors (Lipinski definition) is 2. The summed E-state index contributed by atoms with van der Waals surface area (Å²) in [5.74, 6) is -1.90. The van der Waals surface area contributed by atoms with Crippen LogP contribution in [-0.2, 0) is 6.54 Å². The quantitative estimate of drug-likeness (QED) is 0.609. The van der Waals surface area contributed by atoms with Gasteiger partial charge >= 0.3 is 6.18 Å². The van der Waals surface area contributed by atoms with Gasteiger partial charge in [-0.1, -0.05) is 0 Å². The number of aryl methyl sites for hydroxylation is 2. The first-order valence-electron chi connectivity index (χ1n) is 5.00. The molecule has 0 unspecified atom stereocenters. The van der Waals surface area contributed by atoms with Crippen molar-refractivity contribution in [3.63, 3.8) is 0 Å². The van der Waals surface area contributed by atoms with E-state index in [2.05, 4.69) is 5.10 Å². The first-order chi connectivity index (χ1) is 7.79. The Hall–Kier alpha value is -1.40. The highest BCUT2D eigenvalue weighted by molar-refractivity contribution is 6.02. The standard InChI is InChI=1S/C10H12F4N2O/c1-6-8(9(17)10(12,13)14)7(2)16(15-6)5-3-4-11/h3-5H2,1-2H3. The van der Waals surface area contributed by atoms with Gasteiger partial charge in [-0.3, -0.25) is 13.9 Å². The SMILES string of the molecule is Cc1nn(CCCF)c(C)c1C(=O)C(F)(F)F. The summed E-state index contributed by atoms with van der Waals surface area (Å²) in [6.45, 7) is 2.28. The van der Waals surface area contributed by atoms with E-state index in [1.165, 1.54) is 18.5 Å². The number of aromatic nitrogens is 2. The van der Waals surface area contributed by atoms with Crippen LogP contribution in [0.15, 0.2) is 0 Å². The molecule has 0 aromatic carbocycles. The molecule has 0 aliphatic carbocycles. The maximum absolute atomic E-state index is 12.3. The summed E-state index contributed by atoms with van der Waals surface area (Å²) in [6.07, 6.45) is -4.76. The number of carbonyl (C=O) groups excluding carboxylic acids is 1. The lowest BCUT2D eigenvalue weighted by molar-refractivity contribution is -0.0886. The van der Waals surface area contributed by atoms with E-state index >= 15 is 0 Å². The summed E-state index contributed by atoms with van der Waals surface area (Å²) in [5, 5.41) is 3.81. The van der Waals surface area contributed by atoms with Crippen molar-refractivity contribution in [1.82, 2.24) is 9.78 Å². The molecule has 17 heavy (non-hydrogen) atoms. The van der Waals surface area contributed by atoms with Gasteiger partial charge in [0.15, 0.2) is 0 Å². The first-order valence-corrected chi connectivity index (χ1v) is 5.00.